The van der Waals surface area contributed by atoms with Crippen molar-refractivity contribution in [2.24, 2.45) is 4.99 Å². The lowest BCUT2D eigenvalue weighted by molar-refractivity contribution is -0.115. The first-order valence-electron chi connectivity index (χ1n) is 5.98. The normalized spacial score (nSPS) is 28.0. The quantitative estimate of drug-likeness (QED) is 0.744. The standard InChI is InChI=1S/C13H15N3O/c17-12-11(10-5-2-1-3-6-10)15-13(16-12)7-4-8-14-9-13/h1-3,5-6,14H,4,7-9H2,(H,16,17). The number of benzene rings is 1. The van der Waals surface area contributed by atoms with Crippen molar-refractivity contribution in [3.63, 3.8) is 0 Å². The van der Waals surface area contributed by atoms with Crippen molar-refractivity contribution in [2.45, 2.75) is 18.5 Å². The van der Waals surface area contributed by atoms with Crippen LogP contribution in [0.3, 0.4) is 0 Å². The fraction of sp³-hybridized carbons (Fsp3) is 0.385. The maximum Gasteiger partial charge on any atom is 0.272 e. The Hall–Kier alpha value is -1.68. The van der Waals surface area contributed by atoms with Crippen molar-refractivity contribution in [2.75, 3.05) is 13.1 Å². The summed E-state index contributed by atoms with van der Waals surface area (Å²) in [5.74, 6) is -0.0556. The Kier molecular flexibility index (Phi) is 2.44. The van der Waals surface area contributed by atoms with Crippen LogP contribution in [0.5, 0.6) is 0 Å². The van der Waals surface area contributed by atoms with Gasteiger partial charge in [-0.25, -0.2) is 4.99 Å². The molecule has 2 aliphatic heterocycles. The van der Waals surface area contributed by atoms with E-state index < -0.39 is 5.66 Å². The van der Waals surface area contributed by atoms with Crippen LogP contribution in [0.25, 0.3) is 0 Å². The Bertz CT molecular complexity index is 461. The molecular weight excluding hydrogens is 214 g/mol. The van der Waals surface area contributed by atoms with E-state index in [2.05, 4.69) is 15.6 Å². The van der Waals surface area contributed by atoms with Crippen LogP contribution in [0.1, 0.15) is 18.4 Å². The van der Waals surface area contributed by atoms with E-state index in [0.717, 1.165) is 31.5 Å². The van der Waals surface area contributed by atoms with E-state index in [4.69, 9.17) is 0 Å². The van der Waals surface area contributed by atoms with Crippen molar-refractivity contribution in [3.8, 4) is 0 Å². The van der Waals surface area contributed by atoms with Crippen LogP contribution in [-0.2, 0) is 4.79 Å². The molecule has 0 aliphatic carbocycles. The summed E-state index contributed by atoms with van der Waals surface area (Å²) < 4.78 is 0. The molecule has 0 aromatic heterocycles. The van der Waals surface area contributed by atoms with E-state index in [-0.39, 0.29) is 5.91 Å². The molecule has 2 aliphatic rings. The molecular formula is C13H15N3O. The van der Waals surface area contributed by atoms with Crippen LogP contribution in [0.4, 0.5) is 0 Å². The highest BCUT2D eigenvalue weighted by atomic mass is 16.2. The van der Waals surface area contributed by atoms with Gasteiger partial charge in [0.05, 0.1) is 0 Å². The molecule has 1 aromatic carbocycles. The van der Waals surface area contributed by atoms with Gasteiger partial charge in [-0.3, -0.25) is 4.79 Å². The van der Waals surface area contributed by atoms with E-state index in [1.807, 2.05) is 30.3 Å². The number of nitrogens with one attached hydrogen (secondary N) is 2. The highest BCUT2D eigenvalue weighted by molar-refractivity contribution is 6.46. The summed E-state index contributed by atoms with van der Waals surface area (Å²) in [7, 11) is 0. The average Bonchev–Trinajstić information content (AvgIpc) is 2.68. The van der Waals surface area contributed by atoms with Gasteiger partial charge in [-0.15, -0.1) is 0 Å². The molecule has 1 fully saturated rings. The summed E-state index contributed by atoms with van der Waals surface area (Å²) in [4.78, 5) is 16.6. The Labute approximate surface area is 100 Å². The van der Waals surface area contributed by atoms with Gasteiger partial charge < -0.3 is 10.6 Å². The van der Waals surface area contributed by atoms with E-state index in [0.29, 0.717) is 5.71 Å². The molecule has 2 N–H and O–H groups in total. The molecule has 1 saturated heterocycles. The minimum atomic E-state index is -0.402. The van der Waals surface area contributed by atoms with Crippen LogP contribution >= 0.6 is 0 Å². The Balaban J connectivity index is 1.94. The van der Waals surface area contributed by atoms with Gasteiger partial charge in [0.1, 0.15) is 11.4 Å². The zero-order chi connectivity index (χ0) is 11.7. The van der Waals surface area contributed by atoms with Crippen LogP contribution in [0.2, 0.25) is 0 Å². The first-order valence-corrected chi connectivity index (χ1v) is 5.98. The first-order chi connectivity index (χ1) is 8.29. The molecule has 0 saturated carbocycles. The molecule has 1 atom stereocenters. The number of amides is 1. The maximum absolute atomic E-state index is 12.0. The fourth-order valence-corrected chi connectivity index (χ4v) is 2.45. The van der Waals surface area contributed by atoms with Crippen molar-refractivity contribution in [1.29, 1.82) is 0 Å². The van der Waals surface area contributed by atoms with Gasteiger partial charge in [0.15, 0.2) is 0 Å². The molecule has 1 aromatic rings. The third-order valence-corrected chi connectivity index (χ3v) is 3.30. The van der Waals surface area contributed by atoms with Crippen molar-refractivity contribution in [3.05, 3.63) is 35.9 Å². The van der Waals surface area contributed by atoms with Crippen molar-refractivity contribution in [1.82, 2.24) is 10.6 Å². The molecule has 2 heterocycles. The lowest BCUT2D eigenvalue weighted by atomic mass is 10.0. The van der Waals surface area contributed by atoms with Gasteiger partial charge in [-0.2, -0.15) is 0 Å². The van der Waals surface area contributed by atoms with Gasteiger partial charge in [0, 0.05) is 12.1 Å². The van der Waals surface area contributed by atoms with Crippen LogP contribution < -0.4 is 10.6 Å². The molecule has 0 bridgehead atoms. The molecule has 0 radical (unpaired) electrons. The SMILES string of the molecule is O=C1NC2(CCCNC2)N=C1c1ccccc1. The minimum Gasteiger partial charge on any atom is -0.325 e. The molecule has 88 valence electrons. The van der Waals surface area contributed by atoms with E-state index in [1.54, 1.807) is 0 Å². The molecule has 17 heavy (non-hydrogen) atoms. The zero-order valence-corrected chi connectivity index (χ0v) is 9.57. The Morgan fingerprint density at radius 2 is 2.06 bits per heavy atom. The number of carbonyl (C=O) groups excluding carboxylic acids is 1. The van der Waals surface area contributed by atoms with Crippen LogP contribution in [-0.4, -0.2) is 30.4 Å². The van der Waals surface area contributed by atoms with Gasteiger partial charge in [0.2, 0.25) is 0 Å². The zero-order valence-electron chi connectivity index (χ0n) is 9.57. The Morgan fingerprint density at radius 1 is 1.24 bits per heavy atom. The number of carbonyl (C=O) groups is 1. The molecule has 4 nitrogen and oxygen atoms in total. The largest absolute Gasteiger partial charge is 0.325 e. The number of hydrogen-bond acceptors (Lipinski definition) is 3. The van der Waals surface area contributed by atoms with Crippen LogP contribution in [0.15, 0.2) is 35.3 Å². The number of hydrogen-bond donors (Lipinski definition) is 2. The highest BCUT2D eigenvalue weighted by Gasteiger charge is 2.40. The second-order valence-electron chi connectivity index (χ2n) is 4.59. The molecule has 3 rings (SSSR count). The smallest absolute Gasteiger partial charge is 0.272 e. The summed E-state index contributed by atoms with van der Waals surface area (Å²) in [5, 5.41) is 6.30. The van der Waals surface area contributed by atoms with Gasteiger partial charge in [0.25, 0.3) is 5.91 Å². The summed E-state index contributed by atoms with van der Waals surface area (Å²) in [6.07, 6.45) is 1.97. The number of piperidine rings is 1. The third kappa shape index (κ3) is 1.85. The first kappa shape index (κ1) is 10.5. The van der Waals surface area contributed by atoms with E-state index in [1.165, 1.54) is 0 Å². The molecule has 1 spiro atoms. The highest BCUT2D eigenvalue weighted by Crippen LogP contribution is 2.23. The number of aliphatic imine (C=N–C) groups is 1. The second-order valence-corrected chi connectivity index (χ2v) is 4.59. The predicted molar refractivity (Wildman–Crippen MR) is 66.0 cm³/mol. The lowest BCUT2D eigenvalue weighted by Crippen LogP contribution is -2.53. The summed E-state index contributed by atoms with van der Waals surface area (Å²) in [6.45, 7) is 1.74. The summed E-state index contributed by atoms with van der Waals surface area (Å²) in [6, 6.07) is 9.64. The van der Waals surface area contributed by atoms with Gasteiger partial charge in [-0.05, 0) is 19.4 Å². The fourth-order valence-electron chi connectivity index (χ4n) is 2.45. The third-order valence-electron chi connectivity index (χ3n) is 3.30. The number of rotatable bonds is 1. The van der Waals surface area contributed by atoms with Crippen molar-refractivity contribution >= 4 is 11.6 Å². The minimum absolute atomic E-state index is 0.0556. The molecule has 4 heteroatoms. The topological polar surface area (TPSA) is 53.5 Å². The van der Waals surface area contributed by atoms with Crippen molar-refractivity contribution < 1.29 is 4.79 Å². The second kappa shape index (κ2) is 3.96. The molecule has 1 amide bonds. The van der Waals surface area contributed by atoms with Gasteiger partial charge >= 0.3 is 0 Å². The maximum atomic E-state index is 12.0. The van der Waals surface area contributed by atoms with Gasteiger partial charge in [-0.1, -0.05) is 30.3 Å². The monoisotopic (exact) mass is 229 g/mol. The predicted octanol–water partition coefficient (Wildman–Crippen LogP) is 0.685. The Morgan fingerprint density at radius 3 is 2.76 bits per heavy atom. The number of nitrogens with zero attached hydrogens (tertiary/aromatic N) is 1. The van der Waals surface area contributed by atoms with E-state index >= 15 is 0 Å². The molecule has 1 unspecified atom stereocenters. The lowest BCUT2D eigenvalue weighted by Gasteiger charge is -2.30. The summed E-state index contributed by atoms with van der Waals surface area (Å²) >= 11 is 0. The summed E-state index contributed by atoms with van der Waals surface area (Å²) in [5.41, 5.74) is 1.06. The van der Waals surface area contributed by atoms with E-state index in [9.17, 15) is 4.79 Å². The van der Waals surface area contributed by atoms with Crippen LogP contribution in [0, 0.1) is 0 Å². The average molecular weight is 229 g/mol.